The van der Waals surface area contributed by atoms with Crippen LogP contribution in [-0.2, 0) is 13.1 Å². The fraction of sp³-hybridized carbons (Fsp3) is 0.385. The highest BCUT2D eigenvalue weighted by atomic mass is 16.5. The first kappa shape index (κ1) is 11.8. The van der Waals surface area contributed by atoms with Crippen LogP contribution in [0.15, 0.2) is 22.7 Å². The van der Waals surface area contributed by atoms with E-state index in [0.717, 1.165) is 6.54 Å². The average Bonchev–Trinajstić information content (AvgIpc) is 2.70. The molecule has 0 spiro atoms. The van der Waals surface area contributed by atoms with Gasteiger partial charge in [0, 0.05) is 6.54 Å². The first-order valence-electron chi connectivity index (χ1n) is 5.71. The van der Waals surface area contributed by atoms with E-state index < -0.39 is 0 Å². The lowest BCUT2D eigenvalue weighted by Crippen LogP contribution is -2.13. The van der Waals surface area contributed by atoms with E-state index in [1.54, 1.807) is 0 Å². The van der Waals surface area contributed by atoms with Gasteiger partial charge in [-0.25, -0.2) is 0 Å². The first-order valence-corrected chi connectivity index (χ1v) is 5.71. The SMILES string of the molecule is Cc1noc(CNCc2ccc(C)c(C)c2)n1. The van der Waals surface area contributed by atoms with Crippen molar-refractivity contribution < 1.29 is 4.52 Å². The molecule has 1 aromatic carbocycles. The van der Waals surface area contributed by atoms with Crippen molar-refractivity contribution in [3.8, 4) is 0 Å². The molecule has 0 aliphatic carbocycles. The van der Waals surface area contributed by atoms with E-state index in [1.165, 1.54) is 16.7 Å². The topological polar surface area (TPSA) is 51.0 Å². The maximum absolute atomic E-state index is 5.02. The molecule has 0 atom stereocenters. The molecular formula is C13H17N3O. The molecule has 0 bridgehead atoms. The van der Waals surface area contributed by atoms with Gasteiger partial charge in [-0.2, -0.15) is 4.98 Å². The Kier molecular flexibility index (Phi) is 3.54. The van der Waals surface area contributed by atoms with Crippen LogP contribution in [0.2, 0.25) is 0 Å². The van der Waals surface area contributed by atoms with Gasteiger partial charge in [0.05, 0.1) is 6.54 Å². The Morgan fingerprint density at radius 2 is 1.94 bits per heavy atom. The molecule has 0 fully saturated rings. The molecule has 1 heterocycles. The van der Waals surface area contributed by atoms with Crippen LogP contribution >= 0.6 is 0 Å². The van der Waals surface area contributed by atoms with Gasteiger partial charge >= 0.3 is 0 Å². The van der Waals surface area contributed by atoms with Crippen LogP contribution in [0, 0.1) is 20.8 Å². The van der Waals surface area contributed by atoms with Crippen molar-refractivity contribution in [1.82, 2.24) is 15.5 Å². The highest BCUT2D eigenvalue weighted by Gasteiger charge is 2.02. The van der Waals surface area contributed by atoms with Gasteiger partial charge < -0.3 is 9.84 Å². The minimum atomic E-state index is 0.605. The van der Waals surface area contributed by atoms with Crippen molar-refractivity contribution in [3.05, 3.63) is 46.6 Å². The Labute approximate surface area is 101 Å². The van der Waals surface area contributed by atoms with E-state index in [2.05, 4.69) is 47.5 Å². The van der Waals surface area contributed by atoms with Gasteiger partial charge in [0.2, 0.25) is 5.89 Å². The zero-order chi connectivity index (χ0) is 12.3. The van der Waals surface area contributed by atoms with Crippen LogP contribution in [0.25, 0.3) is 0 Å². The quantitative estimate of drug-likeness (QED) is 0.877. The Bertz CT molecular complexity index is 505. The Balaban J connectivity index is 1.87. The molecule has 4 heteroatoms. The van der Waals surface area contributed by atoms with E-state index in [-0.39, 0.29) is 0 Å². The summed E-state index contributed by atoms with van der Waals surface area (Å²) < 4.78 is 5.02. The standard InChI is InChI=1S/C13H17N3O/c1-9-4-5-12(6-10(9)2)7-14-8-13-15-11(3)16-17-13/h4-6,14H,7-8H2,1-3H3. The van der Waals surface area contributed by atoms with E-state index in [0.29, 0.717) is 18.3 Å². The zero-order valence-corrected chi connectivity index (χ0v) is 10.4. The van der Waals surface area contributed by atoms with Crippen LogP contribution in [0.1, 0.15) is 28.4 Å². The third kappa shape index (κ3) is 3.14. The lowest BCUT2D eigenvalue weighted by atomic mass is 10.1. The van der Waals surface area contributed by atoms with E-state index >= 15 is 0 Å². The summed E-state index contributed by atoms with van der Waals surface area (Å²) in [6.45, 7) is 7.47. The summed E-state index contributed by atoms with van der Waals surface area (Å²) in [5.74, 6) is 1.30. The maximum atomic E-state index is 5.02. The second kappa shape index (κ2) is 5.10. The number of hydrogen-bond acceptors (Lipinski definition) is 4. The number of benzene rings is 1. The molecule has 90 valence electrons. The largest absolute Gasteiger partial charge is 0.338 e. The van der Waals surface area contributed by atoms with Gasteiger partial charge in [-0.3, -0.25) is 0 Å². The van der Waals surface area contributed by atoms with Crippen molar-refractivity contribution in [3.63, 3.8) is 0 Å². The average molecular weight is 231 g/mol. The summed E-state index contributed by atoms with van der Waals surface area (Å²) in [5, 5.41) is 7.02. The van der Waals surface area contributed by atoms with Crippen molar-refractivity contribution in [2.75, 3.05) is 0 Å². The molecule has 0 aliphatic rings. The molecule has 2 aromatic rings. The second-order valence-corrected chi connectivity index (χ2v) is 4.26. The Morgan fingerprint density at radius 3 is 2.59 bits per heavy atom. The van der Waals surface area contributed by atoms with Gasteiger partial charge in [0.25, 0.3) is 0 Å². The van der Waals surface area contributed by atoms with Crippen molar-refractivity contribution >= 4 is 0 Å². The molecular weight excluding hydrogens is 214 g/mol. The molecule has 4 nitrogen and oxygen atoms in total. The molecule has 0 amide bonds. The van der Waals surface area contributed by atoms with Crippen molar-refractivity contribution in [2.24, 2.45) is 0 Å². The summed E-state index contributed by atoms with van der Waals surface area (Å²) in [6, 6.07) is 6.47. The summed E-state index contributed by atoms with van der Waals surface area (Å²) >= 11 is 0. The summed E-state index contributed by atoms with van der Waals surface area (Å²) in [6.07, 6.45) is 0. The lowest BCUT2D eigenvalue weighted by Gasteiger charge is -2.05. The molecule has 0 saturated carbocycles. The lowest BCUT2D eigenvalue weighted by molar-refractivity contribution is 0.364. The smallest absolute Gasteiger partial charge is 0.240 e. The van der Waals surface area contributed by atoms with Gasteiger partial charge in [-0.15, -0.1) is 0 Å². The molecule has 2 rings (SSSR count). The minimum Gasteiger partial charge on any atom is -0.338 e. The fourth-order valence-electron chi connectivity index (χ4n) is 1.64. The first-order chi connectivity index (χ1) is 8.15. The highest BCUT2D eigenvalue weighted by Crippen LogP contribution is 2.09. The van der Waals surface area contributed by atoms with Gasteiger partial charge in [0.1, 0.15) is 0 Å². The van der Waals surface area contributed by atoms with E-state index in [9.17, 15) is 0 Å². The van der Waals surface area contributed by atoms with E-state index in [4.69, 9.17) is 4.52 Å². The summed E-state index contributed by atoms with van der Waals surface area (Å²) in [7, 11) is 0. The summed E-state index contributed by atoms with van der Waals surface area (Å²) in [5.41, 5.74) is 3.91. The van der Waals surface area contributed by atoms with Crippen LogP contribution in [0.4, 0.5) is 0 Å². The summed E-state index contributed by atoms with van der Waals surface area (Å²) in [4.78, 5) is 4.13. The number of nitrogens with one attached hydrogen (secondary N) is 1. The van der Waals surface area contributed by atoms with Gasteiger partial charge in [0.15, 0.2) is 5.82 Å². The van der Waals surface area contributed by atoms with Crippen molar-refractivity contribution in [1.29, 1.82) is 0 Å². The third-order valence-corrected chi connectivity index (χ3v) is 2.75. The molecule has 0 saturated heterocycles. The fourth-order valence-corrected chi connectivity index (χ4v) is 1.64. The monoisotopic (exact) mass is 231 g/mol. The zero-order valence-electron chi connectivity index (χ0n) is 10.4. The Morgan fingerprint density at radius 1 is 1.12 bits per heavy atom. The number of rotatable bonds is 4. The van der Waals surface area contributed by atoms with Crippen LogP contribution in [-0.4, -0.2) is 10.1 Å². The number of aryl methyl sites for hydroxylation is 3. The van der Waals surface area contributed by atoms with Gasteiger partial charge in [-0.1, -0.05) is 23.4 Å². The second-order valence-electron chi connectivity index (χ2n) is 4.26. The highest BCUT2D eigenvalue weighted by molar-refractivity contribution is 5.29. The molecule has 1 N–H and O–H groups in total. The molecule has 0 aliphatic heterocycles. The Hall–Kier alpha value is -1.68. The van der Waals surface area contributed by atoms with Gasteiger partial charge in [-0.05, 0) is 37.5 Å². The third-order valence-electron chi connectivity index (χ3n) is 2.75. The van der Waals surface area contributed by atoms with Crippen molar-refractivity contribution in [2.45, 2.75) is 33.9 Å². The molecule has 0 unspecified atom stereocenters. The normalized spacial score (nSPS) is 10.8. The molecule has 17 heavy (non-hydrogen) atoms. The number of aromatic nitrogens is 2. The van der Waals surface area contributed by atoms with Crippen LogP contribution in [0.3, 0.4) is 0 Å². The molecule has 0 radical (unpaired) electrons. The van der Waals surface area contributed by atoms with E-state index in [1.807, 2.05) is 6.92 Å². The number of hydrogen-bond donors (Lipinski definition) is 1. The predicted octanol–water partition coefficient (Wildman–Crippen LogP) is 2.28. The number of nitrogens with zero attached hydrogens (tertiary/aromatic N) is 2. The van der Waals surface area contributed by atoms with Crippen LogP contribution < -0.4 is 5.32 Å². The molecule has 1 aromatic heterocycles. The maximum Gasteiger partial charge on any atom is 0.240 e. The predicted molar refractivity (Wildman–Crippen MR) is 65.5 cm³/mol. The van der Waals surface area contributed by atoms with Crippen LogP contribution in [0.5, 0.6) is 0 Å². The minimum absolute atomic E-state index is 0.605.